The van der Waals surface area contributed by atoms with E-state index in [1.54, 1.807) is 46.5 Å². The van der Waals surface area contributed by atoms with E-state index in [-0.39, 0.29) is 16.7 Å². The third kappa shape index (κ3) is 4.03. The van der Waals surface area contributed by atoms with Crippen LogP contribution in [0.2, 0.25) is 0 Å². The maximum Gasteiger partial charge on any atom is 0.264 e. The summed E-state index contributed by atoms with van der Waals surface area (Å²) in [5, 5.41) is 0. The van der Waals surface area contributed by atoms with Gasteiger partial charge < -0.3 is 9.80 Å². The zero-order chi connectivity index (χ0) is 23.7. The van der Waals surface area contributed by atoms with Crippen LogP contribution in [0.15, 0.2) is 78.0 Å². The molecule has 0 atom stereocenters. The minimum Gasteiger partial charge on any atom is -0.335 e. The molecule has 3 heterocycles. The first-order chi connectivity index (χ1) is 16.4. The van der Waals surface area contributed by atoms with Crippen LogP contribution in [0.3, 0.4) is 0 Å². The van der Waals surface area contributed by atoms with Crippen LogP contribution < -0.4 is 4.31 Å². The molecule has 1 aromatic heterocycles. The van der Waals surface area contributed by atoms with E-state index in [9.17, 15) is 18.0 Å². The van der Waals surface area contributed by atoms with Crippen molar-refractivity contribution in [2.75, 3.05) is 37.0 Å². The number of aromatic nitrogens is 1. The standard InChI is InChI=1S/C25H24N4O4S/c30-24(20-8-11-26-12-9-20)27-14-16-28(17-15-27)25(31)21-5-3-6-22(18-21)34(32,33)29-13-10-19-4-1-2-7-23(19)29/h1-9,11-12,18H,10,13-17H2. The number of nitrogens with zero attached hydrogens (tertiary/aromatic N) is 4. The zero-order valence-corrected chi connectivity index (χ0v) is 19.3. The smallest absolute Gasteiger partial charge is 0.264 e. The lowest BCUT2D eigenvalue weighted by Crippen LogP contribution is -2.50. The highest BCUT2D eigenvalue weighted by atomic mass is 32.2. The van der Waals surface area contributed by atoms with Gasteiger partial charge in [0.15, 0.2) is 0 Å². The van der Waals surface area contributed by atoms with Gasteiger partial charge in [0.25, 0.3) is 21.8 Å². The first-order valence-corrected chi connectivity index (χ1v) is 12.6. The van der Waals surface area contributed by atoms with E-state index in [4.69, 9.17) is 0 Å². The average molecular weight is 477 g/mol. The number of fused-ring (bicyclic) bond motifs is 1. The monoisotopic (exact) mass is 476 g/mol. The van der Waals surface area contributed by atoms with E-state index in [2.05, 4.69) is 4.98 Å². The summed E-state index contributed by atoms with van der Waals surface area (Å²) in [6.07, 6.45) is 3.82. The number of anilines is 1. The quantitative estimate of drug-likeness (QED) is 0.577. The first kappa shape index (κ1) is 22.1. The number of hydrogen-bond acceptors (Lipinski definition) is 5. The molecule has 0 saturated carbocycles. The molecule has 0 radical (unpaired) electrons. The number of carbonyl (C=O) groups excluding carboxylic acids is 2. The van der Waals surface area contributed by atoms with Crippen LogP contribution in [-0.2, 0) is 16.4 Å². The van der Waals surface area contributed by atoms with Crippen molar-refractivity contribution in [2.45, 2.75) is 11.3 Å². The SMILES string of the molecule is O=C(c1ccncc1)N1CCN(C(=O)c2cccc(S(=O)(=O)N3CCc4ccccc43)c2)CC1. The number of piperazine rings is 1. The van der Waals surface area contributed by atoms with Gasteiger partial charge in [-0.25, -0.2) is 8.42 Å². The molecule has 34 heavy (non-hydrogen) atoms. The van der Waals surface area contributed by atoms with Crippen LogP contribution in [0, 0.1) is 0 Å². The van der Waals surface area contributed by atoms with Crippen LogP contribution in [0.4, 0.5) is 5.69 Å². The van der Waals surface area contributed by atoms with Crippen molar-refractivity contribution in [2.24, 2.45) is 0 Å². The van der Waals surface area contributed by atoms with Gasteiger partial charge in [-0.1, -0.05) is 24.3 Å². The van der Waals surface area contributed by atoms with Crippen molar-refractivity contribution >= 4 is 27.5 Å². The molecule has 5 rings (SSSR count). The van der Waals surface area contributed by atoms with Crippen molar-refractivity contribution in [1.29, 1.82) is 0 Å². The summed E-state index contributed by atoms with van der Waals surface area (Å²) < 4.78 is 28.1. The molecule has 2 amide bonds. The van der Waals surface area contributed by atoms with Gasteiger partial charge in [-0.15, -0.1) is 0 Å². The van der Waals surface area contributed by atoms with Gasteiger partial charge >= 0.3 is 0 Å². The van der Waals surface area contributed by atoms with Gasteiger partial charge in [0.2, 0.25) is 0 Å². The fourth-order valence-corrected chi connectivity index (χ4v) is 6.00. The van der Waals surface area contributed by atoms with Crippen LogP contribution in [-0.4, -0.2) is 67.7 Å². The molecule has 2 aromatic carbocycles. The minimum atomic E-state index is -3.78. The molecular weight excluding hydrogens is 452 g/mol. The van der Waals surface area contributed by atoms with E-state index in [0.717, 1.165) is 5.56 Å². The molecule has 174 valence electrons. The zero-order valence-electron chi connectivity index (χ0n) is 18.5. The Morgan fingerprint density at radius 3 is 2.09 bits per heavy atom. The topological polar surface area (TPSA) is 90.9 Å². The maximum absolute atomic E-state index is 13.4. The predicted octanol–water partition coefficient (Wildman–Crippen LogP) is 2.43. The molecule has 0 aliphatic carbocycles. The molecule has 2 aliphatic heterocycles. The van der Waals surface area contributed by atoms with Crippen LogP contribution in [0.5, 0.6) is 0 Å². The Labute approximate surface area is 198 Å². The largest absolute Gasteiger partial charge is 0.335 e. The summed E-state index contributed by atoms with van der Waals surface area (Å²) in [6.45, 7) is 1.97. The number of para-hydroxylation sites is 1. The minimum absolute atomic E-state index is 0.0894. The summed E-state index contributed by atoms with van der Waals surface area (Å²) >= 11 is 0. The van der Waals surface area contributed by atoms with Gasteiger partial charge in [-0.05, 0) is 48.4 Å². The Morgan fingerprint density at radius 1 is 0.735 bits per heavy atom. The van der Waals surface area contributed by atoms with E-state index in [0.29, 0.717) is 56.0 Å². The van der Waals surface area contributed by atoms with Crippen molar-refractivity contribution in [3.8, 4) is 0 Å². The van der Waals surface area contributed by atoms with E-state index in [1.165, 1.54) is 16.4 Å². The Balaban J connectivity index is 1.30. The fraction of sp³-hybridized carbons (Fsp3) is 0.240. The highest BCUT2D eigenvalue weighted by molar-refractivity contribution is 7.92. The average Bonchev–Trinajstić information content (AvgIpc) is 3.34. The van der Waals surface area contributed by atoms with Gasteiger partial charge in [0, 0.05) is 56.2 Å². The number of rotatable bonds is 4. The summed E-state index contributed by atoms with van der Waals surface area (Å²) in [4.78, 5) is 33.2. The second-order valence-corrected chi connectivity index (χ2v) is 10.2. The molecular formula is C25H24N4O4S. The number of amides is 2. The molecule has 3 aromatic rings. The Kier molecular flexibility index (Phi) is 5.79. The Bertz CT molecular complexity index is 1340. The Morgan fingerprint density at radius 2 is 1.38 bits per heavy atom. The summed E-state index contributed by atoms with van der Waals surface area (Å²) in [5.74, 6) is -0.330. The Hall–Kier alpha value is -3.72. The van der Waals surface area contributed by atoms with Gasteiger partial charge in [0.1, 0.15) is 0 Å². The lowest BCUT2D eigenvalue weighted by molar-refractivity contribution is 0.0535. The lowest BCUT2D eigenvalue weighted by Gasteiger charge is -2.35. The highest BCUT2D eigenvalue weighted by Crippen LogP contribution is 2.32. The molecule has 0 bridgehead atoms. The third-order valence-corrected chi connectivity index (χ3v) is 8.10. The summed E-state index contributed by atoms with van der Waals surface area (Å²) in [6, 6.07) is 17.0. The molecule has 2 aliphatic rings. The maximum atomic E-state index is 13.4. The lowest BCUT2D eigenvalue weighted by atomic mass is 10.1. The third-order valence-electron chi connectivity index (χ3n) is 6.29. The van der Waals surface area contributed by atoms with Gasteiger partial charge in [-0.3, -0.25) is 18.9 Å². The van der Waals surface area contributed by atoms with E-state index < -0.39 is 10.0 Å². The second-order valence-electron chi connectivity index (χ2n) is 8.30. The number of pyridine rings is 1. The fourth-order valence-electron chi connectivity index (χ4n) is 4.45. The number of sulfonamides is 1. The molecule has 9 heteroatoms. The van der Waals surface area contributed by atoms with Gasteiger partial charge in [0.05, 0.1) is 10.6 Å². The van der Waals surface area contributed by atoms with Crippen LogP contribution >= 0.6 is 0 Å². The number of hydrogen-bond donors (Lipinski definition) is 0. The van der Waals surface area contributed by atoms with Crippen molar-refractivity contribution in [1.82, 2.24) is 14.8 Å². The molecule has 0 N–H and O–H groups in total. The van der Waals surface area contributed by atoms with Crippen LogP contribution in [0.1, 0.15) is 26.3 Å². The van der Waals surface area contributed by atoms with E-state index >= 15 is 0 Å². The van der Waals surface area contributed by atoms with Crippen molar-refractivity contribution in [3.05, 3.63) is 89.7 Å². The van der Waals surface area contributed by atoms with Crippen molar-refractivity contribution in [3.63, 3.8) is 0 Å². The predicted molar refractivity (Wildman–Crippen MR) is 127 cm³/mol. The summed E-state index contributed by atoms with van der Waals surface area (Å²) in [5.41, 5.74) is 2.57. The number of carbonyl (C=O) groups is 2. The van der Waals surface area contributed by atoms with Gasteiger partial charge in [-0.2, -0.15) is 0 Å². The first-order valence-electron chi connectivity index (χ1n) is 11.1. The van der Waals surface area contributed by atoms with Crippen LogP contribution in [0.25, 0.3) is 0 Å². The molecule has 0 spiro atoms. The molecule has 8 nitrogen and oxygen atoms in total. The van der Waals surface area contributed by atoms with Crippen molar-refractivity contribution < 1.29 is 18.0 Å². The molecule has 1 saturated heterocycles. The summed E-state index contributed by atoms with van der Waals surface area (Å²) in [7, 11) is -3.78. The number of benzene rings is 2. The molecule has 0 unspecified atom stereocenters. The second kappa shape index (κ2) is 8.90. The van der Waals surface area contributed by atoms with E-state index in [1.807, 2.05) is 24.3 Å². The highest BCUT2D eigenvalue weighted by Gasteiger charge is 2.32. The molecule has 1 fully saturated rings. The normalized spacial score (nSPS) is 15.8.